The van der Waals surface area contributed by atoms with Crippen LogP contribution in [0.15, 0.2) is 36.4 Å². The molecule has 15 heavy (non-hydrogen) atoms. The molecule has 3 heteroatoms. The van der Waals surface area contributed by atoms with Crippen LogP contribution in [0.5, 0.6) is 0 Å². The summed E-state index contributed by atoms with van der Waals surface area (Å²) >= 11 is 5.45. The highest BCUT2D eigenvalue weighted by Crippen LogP contribution is 2.21. The molecule has 0 unspecified atom stereocenters. The lowest BCUT2D eigenvalue weighted by molar-refractivity contribution is 0.108. The first-order chi connectivity index (χ1) is 7.22. The van der Waals surface area contributed by atoms with E-state index in [9.17, 15) is 4.79 Å². The van der Waals surface area contributed by atoms with E-state index in [4.69, 9.17) is 16.9 Å². The van der Waals surface area contributed by atoms with E-state index in [1.54, 1.807) is 30.3 Å². The summed E-state index contributed by atoms with van der Waals surface area (Å²) in [5.41, 5.74) is 1.04. The third kappa shape index (κ3) is 1.70. The summed E-state index contributed by atoms with van der Waals surface area (Å²) in [4.78, 5) is 11.1. The normalized spacial score (nSPS) is 9.87. The van der Waals surface area contributed by atoms with E-state index in [2.05, 4.69) is 0 Å². The molecule has 2 rings (SSSR count). The van der Waals surface area contributed by atoms with Crippen LogP contribution in [0.4, 0.5) is 0 Å². The number of carbonyl (C=O) groups is 1. The monoisotopic (exact) mass is 215 g/mol. The van der Waals surface area contributed by atoms with Crippen molar-refractivity contribution in [3.63, 3.8) is 0 Å². The zero-order valence-electron chi connectivity index (χ0n) is 7.70. The van der Waals surface area contributed by atoms with E-state index < -0.39 is 5.24 Å². The van der Waals surface area contributed by atoms with Crippen LogP contribution in [0.25, 0.3) is 10.8 Å². The molecule has 0 fully saturated rings. The molecule has 0 N–H and O–H groups in total. The fourth-order valence-electron chi connectivity index (χ4n) is 1.52. The molecule has 0 amide bonds. The van der Waals surface area contributed by atoms with E-state index in [-0.39, 0.29) is 0 Å². The number of halogens is 1. The van der Waals surface area contributed by atoms with Crippen LogP contribution in [0, 0.1) is 11.3 Å². The topological polar surface area (TPSA) is 40.9 Å². The lowest BCUT2D eigenvalue weighted by Gasteiger charge is -2.01. The average Bonchev–Trinajstić information content (AvgIpc) is 2.27. The Labute approximate surface area is 91.7 Å². The first-order valence-corrected chi connectivity index (χ1v) is 4.73. The Kier molecular flexibility index (Phi) is 2.40. The highest BCUT2D eigenvalue weighted by atomic mass is 35.5. The molecule has 0 aliphatic rings. The van der Waals surface area contributed by atoms with Crippen molar-refractivity contribution in [3.8, 4) is 6.07 Å². The maximum atomic E-state index is 11.1. The van der Waals surface area contributed by atoms with E-state index >= 15 is 0 Å². The summed E-state index contributed by atoms with van der Waals surface area (Å²) in [7, 11) is 0. The standard InChI is InChI=1S/C12H6ClNO/c13-12(15)11-3-1-2-9-6-8(7-14)4-5-10(9)11/h1-6H. The minimum atomic E-state index is -0.481. The van der Waals surface area contributed by atoms with Crippen molar-refractivity contribution in [2.45, 2.75) is 0 Å². The lowest BCUT2D eigenvalue weighted by Crippen LogP contribution is -1.90. The number of nitriles is 1. The molecule has 0 aromatic heterocycles. The minimum absolute atomic E-state index is 0.471. The molecule has 2 aromatic rings. The third-order valence-electron chi connectivity index (χ3n) is 2.22. The molecule has 0 heterocycles. The van der Waals surface area contributed by atoms with Crippen molar-refractivity contribution < 1.29 is 4.79 Å². The van der Waals surface area contributed by atoms with Gasteiger partial charge in [-0.2, -0.15) is 5.26 Å². The molecule has 72 valence electrons. The van der Waals surface area contributed by atoms with E-state index in [0.29, 0.717) is 11.1 Å². The van der Waals surface area contributed by atoms with Crippen LogP contribution >= 0.6 is 11.6 Å². The SMILES string of the molecule is N#Cc1ccc2c(C(=O)Cl)cccc2c1. The minimum Gasteiger partial charge on any atom is -0.276 e. The lowest BCUT2D eigenvalue weighted by atomic mass is 10.0. The van der Waals surface area contributed by atoms with E-state index in [1.165, 1.54) is 0 Å². The van der Waals surface area contributed by atoms with Crippen molar-refractivity contribution in [1.82, 2.24) is 0 Å². The van der Waals surface area contributed by atoms with Gasteiger partial charge in [0.25, 0.3) is 5.24 Å². The van der Waals surface area contributed by atoms with Crippen LogP contribution in [0.2, 0.25) is 0 Å². The fraction of sp³-hybridized carbons (Fsp3) is 0. The van der Waals surface area contributed by atoms with Gasteiger partial charge in [-0.1, -0.05) is 18.2 Å². The van der Waals surface area contributed by atoms with Gasteiger partial charge in [-0.15, -0.1) is 0 Å². The zero-order valence-corrected chi connectivity index (χ0v) is 8.45. The number of fused-ring (bicyclic) bond motifs is 1. The molecule has 0 radical (unpaired) electrons. The van der Waals surface area contributed by atoms with E-state index in [0.717, 1.165) is 10.8 Å². The van der Waals surface area contributed by atoms with Gasteiger partial charge in [0.2, 0.25) is 0 Å². The van der Waals surface area contributed by atoms with Crippen LogP contribution < -0.4 is 0 Å². The Balaban J connectivity index is 2.79. The summed E-state index contributed by atoms with van der Waals surface area (Å²) in [6.45, 7) is 0. The second kappa shape index (κ2) is 3.72. The van der Waals surface area contributed by atoms with Crippen LogP contribution in [0.1, 0.15) is 15.9 Å². The van der Waals surface area contributed by atoms with Crippen LogP contribution in [-0.2, 0) is 0 Å². The largest absolute Gasteiger partial charge is 0.276 e. The summed E-state index contributed by atoms with van der Waals surface area (Å²) in [5.74, 6) is 0. The Morgan fingerprint density at radius 3 is 2.73 bits per heavy atom. The van der Waals surface area contributed by atoms with Crippen LogP contribution in [0.3, 0.4) is 0 Å². The second-order valence-corrected chi connectivity index (χ2v) is 3.47. The van der Waals surface area contributed by atoms with Gasteiger partial charge in [0.05, 0.1) is 11.6 Å². The summed E-state index contributed by atoms with van der Waals surface area (Å²) < 4.78 is 0. The highest BCUT2D eigenvalue weighted by Gasteiger charge is 2.06. The molecule has 0 saturated heterocycles. The highest BCUT2D eigenvalue weighted by molar-refractivity contribution is 6.68. The first kappa shape index (κ1) is 9.70. The number of rotatable bonds is 1. The molecular weight excluding hydrogens is 210 g/mol. The van der Waals surface area contributed by atoms with Crippen LogP contribution in [-0.4, -0.2) is 5.24 Å². The Morgan fingerprint density at radius 2 is 2.07 bits per heavy atom. The van der Waals surface area contributed by atoms with Gasteiger partial charge in [-0.05, 0) is 40.6 Å². The molecular formula is C12H6ClNO. The molecule has 0 aliphatic carbocycles. The number of hydrogen-bond donors (Lipinski definition) is 0. The number of nitrogens with zero attached hydrogens (tertiary/aromatic N) is 1. The van der Waals surface area contributed by atoms with Gasteiger partial charge in [-0.25, -0.2) is 0 Å². The molecule has 0 aliphatic heterocycles. The van der Waals surface area contributed by atoms with Gasteiger partial charge >= 0.3 is 0 Å². The molecule has 0 saturated carbocycles. The zero-order chi connectivity index (χ0) is 10.8. The summed E-state index contributed by atoms with van der Waals surface area (Å²) in [6.07, 6.45) is 0. The first-order valence-electron chi connectivity index (χ1n) is 4.35. The smallest absolute Gasteiger partial charge is 0.253 e. The third-order valence-corrected chi connectivity index (χ3v) is 2.42. The van der Waals surface area contributed by atoms with Gasteiger partial charge < -0.3 is 0 Å². The van der Waals surface area contributed by atoms with Gasteiger partial charge in [-0.3, -0.25) is 4.79 Å². The Morgan fingerprint density at radius 1 is 1.27 bits per heavy atom. The van der Waals surface area contributed by atoms with Crippen molar-refractivity contribution >= 4 is 27.6 Å². The fourth-order valence-corrected chi connectivity index (χ4v) is 1.69. The van der Waals surface area contributed by atoms with Gasteiger partial charge in [0.1, 0.15) is 0 Å². The Bertz CT molecular complexity index is 584. The number of hydrogen-bond acceptors (Lipinski definition) is 2. The Hall–Kier alpha value is -1.85. The van der Waals surface area contributed by atoms with E-state index in [1.807, 2.05) is 12.1 Å². The molecule has 2 nitrogen and oxygen atoms in total. The number of benzene rings is 2. The number of carbonyl (C=O) groups excluding carboxylic acids is 1. The van der Waals surface area contributed by atoms with Gasteiger partial charge in [0, 0.05) is 5.56 Å². The predicted octanol–water partition coefficient (Wildman–Crippen LogP) is 3.09. The molecule has 0 spiro atoms. The average molecular weight is 216 g/mol. The summed E-state index contributed by atoms with van der Waals surface area (Å²) in [6, 6.07) is 12.5. The molecule has 0 bridgehead atoms. The van der Waals surface area contributed by atoms with Crippen molar-refractivity contribution in [1.29, 1.82) is 5.26 Å². The summed E-state index contributed by atoms with van der Waals surface area (Å²) in [5, 5.41) is 9.87. The predicted molar refractivity (Wildman–Crippen MR) is 58.8 cm³/mol. The van der Waals surface area contributed by atoms with Crippen molar-refractivity contribution in [2.24, 2.45) is 0 Å². The second-order valence-electron chi connectivity index (χ2n) is 3.13. The molecule has 0 atom stereocenters. The van der Waals surface area contributed by atoms with Gasteiger partial charge in [0.15, 0.2) is 0 Å². The van der Waals surface area contributed by atoms with Crippen molar-refractivity contribution in [2.75, 3.05) is 0 Å². The maximum Gasteiger partial charge on any atom is 0.253 e. The quantitative estimate of drug-likeness (QED) is 0.686. The maximum absolute atomic E-state index is 11.1. The van der Waals surface area contributed by atoms with Crippen molar-refractivity contribution in [3.05, 3.63) is 47.5 Å². The molecule has 2 aromatic carbocycles.